The maximum atomic E-state index is 13.3. The molecule has 0 saturated carbocycles. The van der Waals surface area contributed by atoms with Crippen LogP contribution in [0.1, 0.15) is 11.1 Å². The van der Waals surface area contributed by atoms with Crippen LogP contribution in [0.4, 0.5) is 5.69 Å². The molecule has 0 aliphatic carbocycles. The van der Waals surface area contributed by atoms with E-state index in [9.17, 15) is 4.79 Å². The highest BCUT2D eigenvalue weighted by molar-refractivity contribution is 14.1. The van der Waals surface area contributed by atoms with E-state index in [1.54, 1.807) is 0 Å². The molecule has 0 spiro atoms. The van der Waals surface area contributed by atoms with Gasteiger partial charge in [0.15, 0.2) is 0 Å². The van der Waals surface area contributed by atoms with Gasteiger partial charge < -0.3 is 4.90 Å². The summed E-state index contributed by atoms with van der Waals surface area (Å²) in [5.41, 5.74) is 4.70. The van der Waals surface area contributed by atoms with Crippen molar-refractivity contribution in [1.29, 1.82) is 0 Å². The van der Waals surface area contributed by atoms with E-state index in [0.717, 1.165) is 29.7 Å². The molecular weight excluding hydrogens is 560 g/mol. The molecule has 0 radical (unpaired) electrons. The number of benzene rings is 3. The van der Waals surface area contributed by atoms with E-state index < -0.39 is 0 Å². The molecule has 4 rings (SSSR count). The zero-order chi connectivity index (χ0) is 18.8. The van der Waals surface area contributed by atoms with Crippen molar-refractivity contribution in [3.8, 4) is 0 Å². The first-order valence-electron chi connectivity index (χ1n) is 8.48. The Bertz CT molecular complexity index is 1040. The number of hydrogen-bond donors (Lipinski definition) is 0. The van der Waals surface area contributed by atoms with Gasteiger partial charge in [-0.3, -0.25) is 4.79 Å². The Balaban J connectivity index is 1.97. The molecule has 4 heteroatoms. The summed E-state index contributed by atoms with van der Waals surface area (Å²) in [6, 6.07) is 30.2. The molecule has 0 amide bonds. The molecule has 0 atom stereocenters. The first-order chi connectivity index (χ1) is 13.2. The quantitative estimate of drug-likeness (QED) is 0.257. The third-order valence-electron chi connectivity index (χ3n) is 4.37. The zero-order valence-electron chi connectivity index (χ0n) is 14.3. The van der Waals surface area contributed by atoms with Crippen molar-refractivity contribution in [3.63, 3.8) is 0 Å². The van der Waals surface area contributed by atoms with E-state index in [-0.39, 0.29) is 5.78 Å². The number of anilines is 1. The molecule has 0 N–H and O–H groups in total. The lowest BCUT2D eigenvalue weighted by molar-refractivity contribution is -0.111. The van der Waals surface area contributed by atoms with Gasteiger partial charge in [-0.2, -0.15) is 0 Å². The summed E-state index contributed by atoms with van der Waals surface area (Å²) in [7, 11) is 0. The van der Waals surface area contributed by atoms with Crippen molar-refractivity contribution >= 4 is 65.9 Å². The number of ketones is 1. The smallest absolute Gasteiger partial charge is 0.219 e. The van der Waals surface area contributed by atoms with Crippen molar-refractivity contribution in [1.82, 2.24) is 0 Å². The minimum atomic E-state index is 0.0616. The predicted octanol–water partition coefficient (Wildman–Crippen LogP) is 6.68. The highest BCUT2D eigenvalue weighted by atomic mass is 127. The van der Waals surface area contributed by atoms with Crippen molar-refractivity contribution in [2.75, 3.05) is 4.90 Å². The van der Waals surface area contributed by atoms with Gasteiger partial charge >= 0.3 is 0 Å². The fourth-order valence-corrected chi connectivity index (χ4v) is 4.78. The summed E-state index contributed by atoms with van der Waals surface area (Å²) >= 11 is 4.48. The Morgan fingerprint density at radius 1 is 0.741 bits per heavy atom. The number of carbonyl (C=O) groups is 1. The van der Waals surface area contributed by atoms with E-state index in [1.807, 2.05) is 78.9 Å². The predicted molar refractivity (Wildman–Crippen MR) is 129 cm³/mol. The molecule has 0 saturated heterocycles. The van der Waals surface area contributed by atoms with Gasteiger partial charge in [-0.15, -0.1) is 0 Å². The Morgan fingerprint density at radius 3 is 1.85 bits per heavy atom. The van der Waals surface area contributed by atoms with E-state index in [1.165, 1.54) is 0 Å². The standard InChI is InChI=1S/C23H15I2NO/c24-19(16-10-4-1-5-11-16)22-23(27)20(25)21(17-12-6-2-7-13-17)26(22)18-14-8-3-9-15-18/h1-15H/b22-19+. The molecule has 0 aromatic heterocycles. The summed E-state index contributed by atoms with van der Waals surface area (Å²) in [6.45, 7) is 0. The van der Waals surface area contributed by atoms with Gasteiger partial charge in [-0.1, -0.05) is 78.9 Å². The molecule has 2 nitrogen and oxygen atoms in total. The van der Waals surface area contributed by atoms with Crippen LogP contribution in [-0.4, -0.2) is 5.78 Å². The van der Waals surface area contributed by atoms with Gasteiger partial charge in [-0.05, 0) is 68.4 Å². The largest absolute Gasteiger partial charge is 0.304 e. The second kappa shape index (κ2) is 7.98. The lowest BCUT2D eigenvalue weighted by atomic mass is 10.1. The second-order valence-electron chi connectivity index (χ2n) is 6.06. The van der Waals surface area contributed by atoms with Crippen LogP contribution in [0.2, 0.25) is 0 Å². The normalized spacial score (nSPS) is 16.1. The van der Waals surface area contributed by atoms with Crippen LogP contribution in [0.15, 0.2) is 100 Å². The fourth-order valence-electron chi connectivity index (χ4n) is 3.13. The zero-order valence-corrected chi connectivity index (χ0v) is 18.6. The highest BCUT2D eigenvalue weighted by Crippen LogP contribution is 2.45. The summed E-state index contributed by atoms with van der Waals surface area (Å²) < 4.78 is 1.69. The lowest BCUT2D eigenvalue weighted by Crippen LogP contribution is -2.19. The molecule has 0 bridgehead atoms. The third kappa shape index (κ3) is 3.48. The van der Waals surface area contributed by atoms with Crippen LogP contribution >= 0.6 is 45.2 Å². The molecular formula is C23H15I2NO. The van der Waals surface area contributed by atoms with Crippen molar-refractivity contribution < 1.29 is 4.79 Å². The fraction of sp³-hybridized carbons (Fsp3) is 0. The summed E-state index contributed by atoms with van der Waals surface area (Å²) in [5, 5.41) is 0. The van der Waals surface area contributed by atoms with Crippen molar-refractivity contribution in [2.24, 2.45) is 0 Å². The van der Waals surface area contributed by atoms with Crippen molar-refractivity contribution in [3.05, 3.63) is 111 Å². The molecule has 27 heavy (non-hydrogen) atoms. The van der Waals surface area contributed by atoms with Gasteiger partial charge in [-0.25, -0.2) is 0 Å². The SMILES string of the molecule is O=C1C(I)=C(c2ccccc2)N(c2ccccc2)/C1=C(/I)c1ccccc1. The molecule has 0 fully saturated rings. The maximum Gasteiger partial charge on any atom is 0.219 e. The van der Waals surface area contributed by atoms with E-state index >= 15 is 0 Å². The van der Waals surface area contributed by atoms with Crippen LogP contribution < -0.4 is 4.90 Å². The molecule has 3 aromatic carbocycles. The van der Waals surface area contributed by atoms with E-state index in [4.69, 9.17) is 0 Å². The van der Waals surface area contributed by atoms with E-state index in [2.05, 4.69) is 62.2 Å². The van der Waals surface area contributed by atoms with Crippen LogP contribution in [0, 0.1) is 0 Å². The van der Waals surface area contributed by atoms with Crippen LogP contribution in [0.25, 0.3) is 9.28 Å². The molecule has 132 valence electrons. The number of halogens is 2. The number of carbonyl (C=O) groups excluding carboxylic acids is 1. The number of hydrogen-bond acceptors (Lipinski definition) is 2. The second-order valence-corrected chi connectivity index (χ2v) is 8.21. The Hall–Kier alpha value is -1.93. The molecule has 1 aliphatic rings. The molecule has 1 heterocycles. The third-order valence-corrected chi connectivity index (χ3v) is 6.50. The molecule has 1 aliphatic heterocycles. The molecule has 3 aromatic rings. The average Bonchev–Trinajstić information content (AvgIpc) is 3.00. The van der Waals surface area contributed by atoms with Gasteiger partial charge in [0.05, 0.1) is 9.28 Å². The average molecular weight is 575 g/mol. The number of allylic oxidation sites excluding steroid dienone is 1. The number of rotatable bonds is 3. The first kappa shape index (κ1) is 18.4. The number of para-hydroxylation sites is 1. The monoisotopic (exact) mass is 575 g/mol. The van der Waals surface area contributed by atoms with Gasteiger partial charge in [0.1, 0.15) is 5.70 Å². The van der Waals surface area contributed by atoms with Crippen LogP contribution in [0.5, 0.6) is 0 Å². The topological polar surface area (TPSA) is 20.3 Å². The minimum absolute atomic E-state index is 0.0616. The summed E-state index contributed by atoms with van der Waals surface area (Å²) in [6.07, 6.45) is 0. The van der Waals surface area contributed by atoms with Gasteiger partial charge in [0.2, 0.25) is 5.78 Å². The lowest BCUT2D eigenvalue weighted by Gasteiger charge is -2.25. The summed E-state index contributed by atoms with van der Waals surface area (Å²) in [5.74, 6) is 0.0616. The maximum absolute atomic E-state index is 13.3. The molecule has 0 unspecified atom stereocenters. The van der Waals surface area contributed by atoms with Crippen LogP contribution in [0.3, 0.4) is 0 Å². The first-order valence-corrected chi connectivity index (χ1v) is 10.6. The Kier molecular flexibility index (Phi) is 5.45. The Labute approximate surface area is 185 Å². The minimum Gasteiger partial charge on any atom is -0.304 e. The Morgan fingerprint density at radius 2 is 1.26 bits per heavy atom. The van der Waals surface area contributed by atoms with Gasteiger partial charge in [0, 0.05) is 9.27 Å². The number of Topliss-reactive ketones (excluding diaryl/α,β-unsaturated/α-hetero) is 1. The highest BCUT2D eigenvalue weighted by Gasteiger charge is 2.37. The van der Waals surface area contributed by atoms with Crippen LogP contribution in [-0.2, 0) is 4.79 Å². The van der Waals surface area contributed by atoms with E-state index in [0.29, 0.717) is 5.70 Å². The number of nitrogens with zero attached hydrogens (tertiary/aromatic N) is 1. The van der Waals surface area contributed by atoms with Gasteiger partial charge in [0.25, 0.3) is 0 Å². The summed E-state index contributed by atoms with van der Waals surface area (Å²) in [4.78, 5) is 15.4. The van der Waals surface area contributed by atoms with Crippen molar-refractivity contribution in [2.45, 2.75) is 0 Å².